The molecule has 0 bridgehead atoms. The van der Waals surface area contributed by atoms with Crippen molar-refractivity contribution in [1.29, 1.82) is 0 Å². The predicted octanol–water partition coefficient (Wildman–Crippen LogP) is 4.63. The first-order valence-electron chi connectivity index (χ1n) is 7.09. The van der Waals surface area contributed by atoms with E-state index >= 15 is 0 Å². The molecule has 102 valence electrons. The van der Waals surface area contributed by atoms with E-state index in [1.165, 1.54) is 24.8 Å². The molecule has 0 aromatic heterocycles. The molecule has 0 atom stereocenters. The van der Waals surface area contributed by atoms with E-state index in [0.29, 0.717) is 11.5 Å². The molecule has 1 aliphatic rings. The molecular weight excluding hydrogens is 248 g/mol. The highest BCUT2D eigenvalue weighted by atomic mass is 16.4. The fraction of sp³-hybridized carbons (Fsp3) is 0.278. The first-order chi connectivity index (χ1) is 9.65. The van der Waals surface area contributed by atoms with Gasteiger partial charge in [0, 0.05) is 0 Å². The summed E-state index contributed by atoms with van der Waals surface area (Å²) in [6.07, 6.45) is 3.81. The van der Waals surface area contributed by atoms with Crippen molar-refractivity contribution in [2.45, 2.75) is 32.1 Å². The molecule has 0 amide bonds. The van der Waals surface area contributed by atoms with Crippen LogP contribution in [0.3, 0.4) is 0 Å². The lowest BCUT2D eigenvalue weighted by atomic mass is 9.79. The molecule has 0 unspecified atom stereocenters. The summed E-state index contributed by atoms with van der Waals surface area (Å²) in [5.74, 6) is -0.202. The van der Waals surface area contributed by atoms with Gasteiger partial charge in [-0.3, -0.25) is 0 Å². The maximum Gasteiger partial charge on any atom is 0.336 e. The second-order valence-corrected chi connectivity index (χ2v) is 5.61. The van der Waals surface area contributed by atoms with Crippen LogP contribution in [0.25, 0.3) is 11.1 Å². The summed E-state index contributed by atoms with van der Waals surface area (Å²) in [6.45, 7) is 1.92. The molecule has 0 saturated heterocycles. The van der Waals surface area contributed by atoms with Crippen molar-refractivity contribution < 1.29 is 9.90 Å². The number of hydrogen-bond acceptors (Lipinski definition) is 1. The fourth-order valence-corrected chi connectivity index (χ4v) is 2.79. The zero-order valence-electron chi connectivity index (χ0n) is 11.6. The zero-order valence-corrected chi connectivity index (χ0v) is 11.6. The van der Waals surface area contributed by atoms with Gasteiger partial charge in [0.25, 0.3) is 0 Å². The summed E-state index contributed by atoms with van der Waals surface area (Å²) in [4.78, 5) is 11.4. The Hall–Kier alpha value is -2.09. The minimum Gasteiger partial charge on any atom is -0.478 e. The van der Waals surface area contributed by atoms with E-state index in [2.05, 4.69) is 12.1 Å². The number of carboxylic acids is 1. The fourth-order valence-electron chi connectivity index (χ4n) is 2.79. The van der Waals surface area contributed by atoms with Gasteiger partial charge in [0.05, 0.1) is 5.56 Å². The lowest BCUT2D eigenvalue weighted by Gasteiger charge is -2.26. The van der Waals surface area contributed by atoms with Crippen LogP contribution in [0.15, 0.2) is 42.5 Å². The summed E-state index contributed by atoms with van der Waals surface area (Å²) < 4.78 is 0. The van der Waals surface area contributed by atoms with Crippen LogP contribution in [0.4, 0.5) is 0 Å². The van der Waals surface area contributed by atoms with Crippen molar-refractivity contribution in [1.82, 2.24) is 0 Å². The highest BCUT2D eigenvalue weighted by Crippen LogP contribution is 2.38. The molecule has 1 aliphatic carbocycles. The smallest absolute Gasteiger partial charge is 0.336 e. The van der Waals surface area contributed by atoms with Crippen LogP contribution in [0, 0.1) is 6.92 Å². The first-order valence-corrected chi connectivity index (χ1v) is 7.09. The summed E-state index contributed by atoms with van der Waals surface area (Å²) in [5, 5.41) is 9.39. The molecule has 2 aromatic rings. The number of carboxylic acid groups (broad SMARTS) is 1. The first kappa shape index (κ1) is 12.9. The van der Waals surface area contributed by atoms with Crippen LogP contribution in [0.5, 0.6) is 0 Å². The van der Waals surface area contributed by atoms with Gasteiger partial charge in [0.1, 0.15) is 0 Å². The quantitative estimate of drug-likeness (QED) is 0.879. The minimum atomic E-state index is -0.863. The van der Waals surface area contributed by atoms with E-state index in [-0.39, 0.29) is 0 Å². The molecular formula is C18H18O2. The summed E-state index contributed by atoms with van der Waals surface area (Å²) in [7, 11) is 0. The minimum absolute atomic E-state index is 0.385. The Bertz CT molecular complexity index is 654. The standard InChI is InChI=1S/C18H18O2/c1-12-8-9-16(17(10-12)18(19)20)15-7-3-6-14(11-15)13-4-2-5-13/h3,6-11,13H,2,4-5H2,1H3,(H,19,20). The van der Waals surface area contributed by atoms with Gasteiger partial charge < -0.3 is 5.11 Å². The molecule has 0 radical (unpaired) electrons. The van der Waals surface area contributed by atoms with Crippen molar-refractivity contribution in [2.75, 3.05) is 0 Å². The molecule has 0 aliphatic heterocycles. The lowest BCUT2D eigenvalue weighted by Crippen LogP contribution is -2.08. The van der Waals surface area contributed by atoms with Crippen LogP contribution < -0.4 is 0 Å². The highest BCUT2D eigenvalue weighted by Gasteiger charge is 2.20. The van der Waals surface area contributed by atoms with Crippen LogP contribution in [0.1, 0.15) is 46.7 Å². The van der Waals surface area contributed by atoms with Gasteiger partial charge in [-0.05, 0) is 48.4 Å². The van der Waals surface area contributed by atoms with E-state index in [9.17, 15) is 9.90 Å². The van der Waals surface area contributed by atoms with E-state index < -0.39 is 5.97 Å². The summed E-state index contributed by atoms with van der Waals surface area (Å²) >= 11 is 0. The average Bonchev–Trinajstić information content (AvgIpc) is 2.37. The Morgan fingerprint density at radius 1 is 1.15 bits per heavy atom. The number of rotatable bonds is 3. The molecule has 2 nitrogen and oxygen atoms in total. The van der Waals surface area contributed by atoms with Crippen LogP contribution in [-0.2, 0) is 0 Å². The van der Waals surface area contributed by atoms with E-state index in [0.717, 1.165) is 16.7 Å². The van der Waals surface area contributed by atoms with Gasteiger partial charge in [-0.25, -0.2) is 4.79 Å². The van der Waals surface area contributed by atoms with Crippen LogP contribution in [-0.4, -0.2) is 11.1 Å². The number of carbonyl (C=O) groups is 1. The SMILES string of the molecule is Cc1ccc(-c2cccc(C3CCC3)c2)c(C(=O)O)c1. The van der Waals surface area contributed by atoms with Crippen LogP contribution in [0.2, 0.25) is 0 Å². The second kappa shape index (κ2) is 5.12. The van der Waals surface area contributed by atoms with Crippen molar-refractivity contribution in [3.8, 4) is 11.1 Å². The third-order valence-electron chi connectivity index (χ3n) is 4.18. The average molecular weight is 266 g/mol. The Morgan fingerprint density at radius 3 is 2.60 bits per heavy atom. The molecule has 2 aromatic carbocycles. The van der Waals surface area contributed by atoms with Crippen molar-refractivity contribution in [2.24, 2.45) is 0 Å². The van der Waals surface area contributed by atoms with Crippen LogP contribution >= 0.6 is 0 Å². The largest absolute Gasteiger partial charge is 0.478 e. The molecule has 3 rings (SSSR count). The highest BCUT2D eigenvalue weighted by molar-refractivity contribution is 5.96. The Morgan fingerprint density at radius 2 is 1.95 bits per heavy atom. The van der Waals surface area contributed by atoms with Crippen molar-refractivity contribution >= 4 is 5.97 Å². The normalized spacial score (nSPS) is 14.8. The van der Waals surface area contributed by atoms with E-state index in [1.54, 1.807) is 6.07 Å². The van der Waals surface area contributed by atoms with Crippen molar-refractivity contribution in [3.05, 3.63) is 59.2 Å². The third kappa shape index (κ3) is 2.34. The third-order valence-corrected chi connectivity index (χ3v) is 4.18. The number of hydrogen-bond donors (Lipinski definition) is 1. The molecule has 20 heavy (non-hydrogen) atoms. The Balaban J connectivity index is 2.06. The molecule has 1 saturated carbocycles. The van der Waals surface area contributed by atoms with Gasteiger partial charge in [0.2, 0.25) is 0 Å². The molecule has 0 heterocycles. The van der Waals surface area contributed by atoms with E-state index in [4.69, 9.17) is 0 Å². The maximum absolute atomic E-state index is 11.4. The molecule has 1 N–H and O–H groups in total. The Labute approximate surface area is 119 Å². The number of aryl methyl sites for hydroxylation is 1. The molecule has 1 fully saturated rings. The van der Waals surface area contributed by atoms with Gasteiger partial charge in [-0.15, -0.1) is 0 Å². The lowest BCUT2D eigenvalue weighted by molar-refractivity contribution is 0.0697. The zero-order chi connectivity index (χ0) is 14.1. The second-order valence-electron chi connectivity index (χ2n) is 5.61. The Kier molecular flexibility index (Phi) is 3.31. The van der Waals surface area contributed by atoms with Gasteiger partial charge in [-0.2, -0.15) is 0 Å². The topological polar surface area (TPSA) is 37.3 Å². The van der Waals surface area contributed by atoms with Gasteiger partial charge >= 0.3 is 5.97 Å². The number of aromatic carboxylic acids is 1. The summed E-state index contributed by atoms with van der Waals surface area (Å²) in [5.41, 5.74) is 4.51. The number of benzene rings is 2. The molecule has 2 heteroatoms. The van der Waals surface area contributed by atoms with Crippen molar-refractivity contribution in [3.63, 3.8) is 0 Å². The van der Waals surface area contributed by atoms with Gasteiger partial charge in [-0.1, -0.05) is 48.4 Å². The predicted molar refractivity (Wildman–Crippen MR) is 80.2 cm³/mol. The molecule has 0 spiro atoms. The maximum atomic E-state index is 11.4. The monoisotopic (exact) mass is 266 g/mol. The van der Waals surface area contributed by atoms with E-state index in [1.807, 2.05) is 31.2 Å². The summed E-state index contributed by atoms with van der Waals surface area (Å²) in [6, 6.07) is 14.0. The van der Waals surface area contributed by atoms with Gasteiger partial charge in [0.15, 0.2) is 0 Å².